The van der Waals surface area contributed by atoms with Gasteiger partial charge >= 0.3 is 0 Å². The lowest BCUT2D eigenvalue weighted by atomic mass is 10.3. The number of nitrogens with one attached hydrogen (secondary N) is 1. The molecule has 1 unspecified atom stereocenters. The van der Waals surface area contributed by atoms with E-state index in [1.54, 1.807) is 7.11 Å². The van der Waals surface area contributed by atoms with Crippen molar-refractivity contribution in [1.82, 2.24) is 19.7 Å². The molecule has 148 valence electrons. The summed E-state index contributed by atoms with van der Waals surface area (Å²) >= 11 is 2.72. The van der Waals surface area contributed by atoms with Gasteiger partial charge in [-0.3, -0.25) is 4.79 Å². The van der Waals surface area contributed by atoms with Crippen molar-refractivity contribution in [3.05, 3.63) is 41.2 Å². The lowest BCUT2D eigenvalue weighted by molar-refractivity contribution is -0.113. The summed E-state index contributed by atoms with van der Waals surface area (Å²) in [5.41, 5.74) is 0.886. The van der Waals surface area contributed by atoms with E-state index in [0.717, 1.165) is 11.4 Å². The van der Waals surface area contributed by atoms with Crippen LogP contribution in [0, 0.1) is 6.92 Å². The Balaban J connectivity index is 1.56. The quantitative estimate of drug-likeness (QED) is 0.559. The Morgan fingerprint density at radius 1 is 1.29 bits per heavy atom. The maximum atomic E-state index is 12.1. The van der Waals surface area contributed by atoms with Crippen molar-refractivity contribution in [1.29, 1.82) is 0 Å². The zero-order valence-electron chi connectivity index (χ0n) is 16.0. The van der Waals surface area contributed by atoms with Gasteiger partial charge < -0.3 is 19.4 Å². The lowest BCUT2D eigenvalue weighted by Gasteiger charge is -2.14. The fourth-order valence-corrected chi connectivity index (χ4v) is 3.84. The molecule has 1 aromatic carbocycles. The second-order valence-electron chi connectivity index (χ2n) is 5.97. The Labute approximate surface area is 171 Å². The van der Waals surface area contributed by atoms with E-state index in [1.165, 1.54) is 23.1 Å². The first kappa shape index (κ1) is 20.2. The minimum Gasteiger partial charge on any atom is -0.497 e. The highest BCUT2D eigenvalue weighted by atomic mass is 32.2. The van der Waals surface area contributed by atoms with E-state index < -0.39 is 0 Å². The van der Waals surface area contributed by atoms with Crippen molar-refractivity contribution >= 4 is 34.1 Å². The number of nitrogens with zero attached hydrogens (tertiary/aromatic N) is 4. The molecule has 1 amide bonds. The predicted molar refractivity (Wildman–Crippen MR) is 109 cm³/mol. The van der Waals surface area contributed by atoms with Crippen LogP contribution < -0.4 is 14.8 Å². The standard InChI is InChI=1S/C18H21N5O3S2/c1-11-9-27-17(19-11)20-15(24)10-28-18-22-21-16(23(18)3)12(2)26-14-7-5-13(25-4)6-8-14/h5-9,12H,10H2,1-4H3,(H,19,20,24). The Morgan fingerprint density at radius 2 is 2.00 bits per heavy atom. The van der Waals surface area contributed by atoms with Gasteiger partial charge in [0.05, 0.1) is 18.6 Å². The molecular weight excluding hydrogens is 398 g/mol. The van der Waals surface area contributed by atoms with Crippen LogP contribution in [0.25, 0.3) is 0 Å². The summed E-state index contributed by atoms with van der Waals surface area (Å²) in [6.45, 7) is 3.79. The second kappa shape index (κ2) is 9.07. The average molecular weight is 420 g/mol. The van der Waals surface area contributed by atoms with Crippen LogP contribution in [0.1, 0.15) is 24.5 Å². The molecule has 2 heterocycles. The van der Waals surface area contributed by atoms with Gasteiger partial charge in [-0.05, 0) is 38.1 Å². The monoisotopic (exact) mass is 419 g/mol. The number of rotatable bonds is 8. The van der Waals surface area contributed by atoms with Crippen molar-refractivity contribution < 1.29 is 14.3 Å². The van der Waals surface area contributed by atoms with Crippen LogP contribution in [0.15, 0.2) is 34.8 Å². The molecule has 1 N–H and O–H groups in total. The van der Waals surface area contributed by atoms with Crippen LogP contribution in [0.2, 0.25) is 0 Å². The fourth-order valence-electron chi connectivity index (χ4n) is 2.41. The van der Waals surface area contributed by atoms with Crippen molar-refractivity contribution in [3.8, 4) is 11.5 Å². The summed E-state index contributed by atoms with van der Waals surface area (Å²) in [7, 11) is 3.48. The van der Waals surface area contributed by atoms with Crippen LogP contribution in [0.5, 0.6) is 11.5 Å². The number of amides is 1. The number of thiazole rings is 1. The molecule has 0 spiro atoms. The number of carbonyl (C=O) groups is 1. The number of methoxy groups -OCH3 is 1. The van der Waals surface area contributed by atoms with Crippen LogP contribution in [0.3, 0.4) is 0 Å². The van der Waals surface area contributed by atoms with Crippen LogP contribution >= 0.6 is 23.1 Å². The molecule has 10 heteroatoms. The SMILES string of the molecule is COc1ccc(OC(C)c2nnc(SCC(=O)Nc3nc(C)cs3)n2C)cc1. The molecule has 0 saturated carbocycles. The second-order valence-corrected chi connectivity index (χ2v) is 7.77. The van der Waals surface area contributed by atoms with Crippen LogP contribution in [-0.4, -0.2) is 38.5 Å². The first-order valence-electron chi connectivity index (χ1n) is 8.51. The first-order valence-corrected chi connectivity index (χ1v) is 10.4. The van der Waals surface area contributed by atoms with Gasteiger partial charge in [0, 0.05) is 12.4 Å². The van der Waals surface area contributed by atoms with Crippen LogP contribution in [0.4, 0.5) is 5.13 Å². The molecule has 3 rings (SSSR count). The van der Waals surface area contributed by atoms with Gasteiger partial charge in [-0.15, -0.1) is 21.5 Å². The summed E-state index contributed by atoms with van der Waals surface area (Å²) in [5.74, 6) is 2.24. The lowest BCUT2D eigenvalue weighted by Crippen LogP contribution is -2.14. The van der Waals surface area contributed by atoms with Crippen molar-refractivity contribution in [2.45, 2.75) is 25.1 Å². The van der Waals surface area contributed by atoms with E-state index in [0.29, 0.717) is 21.9 Å². The van der Waals surface area contributed by atoms with Gasteiger partial charge in [-0.25, -0.2) is 4.98 Å². The van der Waals surface area contributed by atoms with E-state index >= 15 is 0 Å². The molecule has 0 radical (unpaired) electrons. The number of ether oxygens (including phenoxy) is 2. The van der Waals surface area contributed by atoms with E-state index in [-0.39, 0.29) is 17.8 Å². The minimum atomic E-state index is -0.299. The molecule has 28 heavy (non-hydrogen) atoms. The largest absolute Gasteiger partial charge is 0.497 e. The highest BCUT2D eigenvalue weighted by molar-refractivity contribution is 7.99. The van der Waals surface area contributed by atoms with Crippen molar-refractivity contribution in [2.75, 3.05) is 18.2 Å². The van der Waals surface area contributed by atoms with Crippen molar-refractivity contribution in [3.63, 3.8) is 0 Å². The molecule has 0 bridgehead atoms. The first-order chi connectivity index (χ1) is 13.5. The molecule has 8 nitrogen and oxygen atoms in total. The molecule has 0 saturated heterocycles. The predicted octanol–water partition coefficient (Wildman–Crippen LogP) is 3.46. The Morgan fingerprint density at radius 3 is 2.64 bits per heavy atom. The molecule has 0 aliphatic heterocycles. The summed E-state index contributed by atoms with van der Waals surface area (Å²) < 4.78 is 12.9. The fraction of sp³-hybridized carbons (Fsp3) is 0.333. The number of aryl methyl sites for hydroxylation is 1. The van der Waals surface area contributed by atoms with Crippen LogP contribution in [-0.2, 0) is 11.8 Å². The summed E-state index contributed by atoms with van der Waals surface area (Å²) in [6, 6.07) is 7.35. The Kier molecular flexibility index (Phi) is 6.53. The van der Waals surface area contributed by atoms with Gasteiger partial charge in [0.25, 0.3) is 0 Å². The number of thioether (sulfide) groups is 1. The van der Waals surface area contributed by atoms with E-state index in [2.05, 4.69) is 20.5 Å². The van der Waals surface area contributed by atoms with E-state index in [9.17, 15) is 4.79 Å². The summed E-state index contributed by atoms with van der Waals surface area (Å²) in [4.78, 5) is 16.3. The van der Waals surface area contributed by atoms with Gasteiger partial charge in [0.1, 0.15) is 11.5 Å². The molecular formula is C18H21N5O3S2. The minimum absolute atomic E-state index is 0.133. The zero-order valence-corrected chi connectivity index (χ0v) is 17.6. The maximum Gasteiger partial charge on any atom is 0.236 e. The van der Waals surface area contributed by atoms with Gasteiger partial charge in [-0.2, -0.15) is 0 Å². The Bertz CT molecular complexity index is 939. The normalized spacial score (nSPS) is 11.9. The molecule has 0 fully saturated rings. The molecule has 1 atom stereocenters. The third kappa shape index (κ3) is 5.02. The van der Waals surface area contributed by atoms with E-state index in [1.807, 2.05) is 55.1 Å². The third-order valence-electron chi connectivity index (χ3n) is 3.80. The van der Waals surface area contributed by atoms with Gasteiger partial charge in [0.15, 0.2) is 22.2 Å². The number of benzene rings is 1. The maximum absolute atomic E-state index is 12.1. The molecule has 2 aromatic heterocycles. The number of hydrogen-bond donors (Lipinski definition) is 1. The third-order valence-corrected chi connectivity index (χ3v) is 5.70. The highest BCUT2D eigenvalue weighted by Crippen LogP contribution is 2.25. The zero-order chi connectivity index (χ0) is 20.1. The molecule has 0 aliphatic rings. The number of anilines is 1. The highest BCUT2D eigenvalue weighted by Gasteiger charge is 2.18. The summed E-state index contributed by atoms with van der Waals surface area (Å²) in [6.07, 6.45) is -0.299. The number of carbonyl (C=O) groups excluding carboxylic acids is 1. The molecule has 3 aromatic rings. The van der Waals surface area contributed by atoms with Gasteiger partial charge in [-0.1, -0.05) is 11.8 Å². The van der Waals surface area contributed by atoms with E-state index in [4.69, 9.17) is 9.47 Å². The summed E-state index contributed by atoms with van der Waals surface area (Å²) in [5, 5.41) is 14.3. The average Bonchev–Trinajstić information content (AvgIpc) is 3.26. The van der Waals surface area contributed by atoms with Gasteiger partial charge in [0.2, 0.25) is 5.91 Å². The number of hydrogen-bond acceptors (Lipinski definition) is 8. The molecule has 0 aliphatic carbocycles. The van der Waals surface area contributed by atoms with Crippen molar-refractivity contribution in [2.24, 2.45) is 7.05 Å². The Hall–Kier alpha value is -2.59. The smallest absolute Gasteiger partial charge is 0.236 e. The topological polar surface area (TPSA) is 91.2 Å². The number of aromatic nitrogens is 4.